The smallest absolute Gasteiger partial charge is 0.238 e. The van der Waals surface area contributed by atoms with Gasteiger partial charge in [-0.25, -0.2) is 5.01 Å². The monoisotopic (exact) mass is 355 g/mol. The van der Waals surface area contributed by atoms with E-state index >= 15 is 0 Å². The summed E-state index contributed by atoms with van der Waals surface area (Å²) in [7, 11) is 1.67. The SMILES string of the molecule is CCCCCC(O)CCN1C(=O)CCN1CCCCCCC(=O)NC. The largest absolute Gasteiger partial charge is 0.393 e. The summed E-state index contributed by atoms with van der Waals surface area (Å²) in [6, 6.07) is 0. The van der Waals surface area contributed by atoms with E-state index in [4.69, 9.17) is 0 Å². The van der Waals surface area contributed by atoms with Gasteiger partial charge in [0.1, 0.15) is 0 Å². The molecule has 1 saturated heterocycles. The van der Waals surface area contributed by atoms with E-state index in [1.165, 1.54) is 0 Å². The van der Waals surface area contributed by atoms with Crippen LogP contribution in [-0.2, 0) is 9.59 Å². The lowest BCUT2D eigenvalue weighted by Crippen LogP contribution is -2.41. The molecule has 1 heterocycles. The van der Waals surface area contributed by atoms with E-state index in [2.05, 4.69) is 17.2 Å². The zero-order valence-corrected chi connectivity index (χ0v) is 16.1. The van der Waals surface area contributed by atoms with E-state index < -0.39 is 0 Å². The van der Waals surface area contributed by atoms with Gasteiger partial charge in [-0.2, -0.15) is 0 Å². The van der Waals surface area contributed by atoms with Crippen LogP contribution in [0.5, 0.6) is 0 Å². The summed E-state index contributed by atoms with van der Waals surface area (Å²) in [6.45, 7) is 4.47. The molecule has 0 aromatic rings. The Balaban J connectivity index is 2.18. The standard InChI is InChI=1S/C19H37N3O3/c1-3-4-7-10-17(23)12-16-22-19(25)13-15-21(22)14-9-6-5-8-11-18(24)20-2/h17,23H,3-16H2,1-2H3,(H,20,24). The summed E-state index contributed by atoms with van der Waals surface area (Å²) in [5.74, 6) is 0.286. The molecule has 146 valence electrons. The number of hydrazine groups is 1. The highest BCUT2D eigenvalue weighted by Crippen LogP contribution is 2.16. The van der Waals surface area contributed by atoms with Gasteiger partial charge in [-0.05, 0) is 25.7 Å². The molecule has 0 spiro atoms. The van der Waals surface area contributed by atoms with Crippen LogP contribution < -0.4 is 5.32 Å². The molecular weight excluding hydrogens is 318 g/mol. The summed E-state index contributed by atoms with van der Waals surface area (Å²) < 4.78 is 0. The third-order valence-electron chi connectivity index (χ3n) is 4.88. The van der Waals surface area contributed by atoms with E-state index in [0.717, 1.165) is 64.5 Å². The van der Waals surface area contributed by atoms with Gasteiger partial charge in [-0.15, -0.1) is 0 Å². The first-order valence-corrected chi connectivity index (χ1v) is 10.0. The van der Waals surface area contributed by atoms with Gasteiger partial charge in [0.05, 0.1) is 6.10 Å². The van der Waals surface area contributed by atoms with Crippen molar-refractivity contribution < 1.29 is 14.7 Å². The topological polar surface area (TPSA) is 72.9 Å². The number of hydrogen-bond donors (Lipinski definition) is 2. The summed E-state index contributed by atoms with van der Waals surface area (Å²) in [5.41, 5.74) is 0. The molecular formula is C19H37N3O3. The van der Waals surface area contributed by atoms with Crippen LogP contribution in [0.25, 0.3) is 0 Å². The predicted octanol–water partition coefficient (Wildman–Crippen LogP) is 2.46. The van der Waals surface area contributed by atoms with Gasteiger partial charge in [0.15, 0.2) is 0 Å². The van der Waals surface area contributed by atoms with E-state index in [1.807, 2.05) is 5.01 Å². The molecule has 1 rings (SSSR count). The molecule has 0 radical (unpaired) electrons. The average molecular weight is 356 g/mol. The van der Waals surface area contributed by atoms with Gasteiger partial charge < -0.3 is 10.4 Å². The minimum absolute atomic E-state index is 0.105. The molecule has 2 N–H and O–H groups in total. The van der Waals surface area contributed by atoms with Crippen LogP contribution in [0.1, 0.15) is 77.6 Å². The maximum atomic E-state index is 12.1. The Morgan fingerprint density at radius 2 is 1.88 bits per heavy atom. The van der Waals surface area contributed by atoms with Crippen LogP contribution in [-0.4, -0.2) is 59.7 Å². The second-order valence-corrected chi connectivity index (χ2v) is 7.00. The van der Waals surface area contributed by atoms with Crippen molar-refractivity contribution >= 4 is 11.8 Å². The van der Waals surface area contributed by atoms with Crippen molar-refractivity contribution in [3.8, 4) is 0 Å². The highest BCUT2D eigenvalue weighted by molar-refractivity contribution is 5.77. The number of carbonyl (C=O) groups excluding carboxylic acids is 2. The summed E-state index contributed by atoms with van der Waals surface area (Å²) in [6.07, 6.45) is 9.85. The van der Waals surface area contributed by atoms with Crippen LogP contribution in [0.3, 0.4) is 0 Å². The predicted molar refractivity (Wildman–Crippen MR) is 99.8 cm³/mol. The molecule has 1 unspecified atom stereocenters. The normalized spacial score (nSPS) is 16.4. The van der Waals surface area contributed by atoms with Gasteiger partial charge in [0.25, 0.3) is 0 Å². The summed E-state index contributed by atoms with van der Waals surface area (Å²) >= 11 is 0. The van der Waals surface area contributed by atoms with E-state index in [1.54, 1.807) is 7.05 Å². The molecule has 0 aromatic carbocycles. The molecule has 0 saturated carbocycles. The first-order chi connectivity index (χ1) is 12.1. The number of rotatable bonds is 14. The van der Waals surface area contributed by atoms with Crippen molar-refractivity contribution in [1.29, 1.82) is 0 Å². The number of aliphatic hydroxyl groups is 1. The van der Waals surface area contributed by atoms with Crippen LogP contribution in [0.2, 0.25) is 0 Å². The van der Waals surface area contributed by atoms with Gasteiger partial charge in [-0.3, -0.25) is 14.6 Å². The Morgan fingerprint density at radius 1 is 1.12 bits per heavy atom. The Hall–Kier alpha value is -1.14. The fourth-order valence-corrected chi connectivity index (χ4v) is 3.23. The highest BCUT2D eigenvalue weighted by Gasteiger charge is 2.28. The van der Waals surface area contributed by atoms with Crippen molar-refractivity contribution in [3.05, 3.63) is 0 Å². The molecule has 2 amide bonds. The second-order valence-electron chi connectivity index (χ2n) is 7.00. The molecule has 6 heteroatoms. The van der Waals surface area contributed by atoms with Gasteiger partial charge in [0, 0.05) is 39.5 Å². The van der Waals surface area contributed by atoms with Crippen molar-refractivity contribution in [1.82, 2.24) is 15.3 Å². The lowest BCUT2D eigenvalue weighted by atomic mass is 10.1. The maximum absolute atomic E-state index is 12.1. The number of carbonyl (C=O) groups is 2. The van der Waals surface area contributed by atoms with E-state index in [-0.39, 0.29) is 17.9 Å². The summed E-state index contributed by atoms with van der Waals surface area (Å²) in [4.78, 5) is 23.2. The molecule has 1 fully saturated rings. The minimum atomic E-state index is -0.300. The first-order valence-electron chi connectivity index (χ1n) is 10.0. The van der Waals surface area contributed by atoms with E-state index in [0.29, 0.717) is 25.8 Å². The number of hydrogen-bond acceptors (Lipinski definition) is 4. The molecule has 0 aliphatic carbocycles. The Kier molecular flexibility index (Phi) is 11.5. The second kappa shape index (κ2) is 13.1. The number of nitrogens with zero attached hydrogens (tertiary/aromatic N) is 2. The highest BCUT2D eigenvalue weighted by atomic mass is 16.3. The zero-order valence-electron chi connectivity index (χ0n) is 16.1. The third kappa shape index (κ3) is 9.21. The zero-order chi connectivity index (χ0) is 18.5. The van der Waals surface area contributed by atoms with Crippen LogP contribution in [0.15, 0.2) is 0 Å². The molecule has 0 bridgehead atoms. The Labute approximate surface area is 152 Å². The fourth-order valence-electron chi connectivity index (χ4n) is 3.23. The van der Waals surface area contributed by atoms with Crippen molar-refractivity contribution in [2.45, 2.75) is 83.7 Å². The summed E-state index contributed by atoms with van der Waals surface area (Å²) in [5, 5.41) is 16.7. The lowest BCUT2D eigenvalue weighted by molar-refractivity contribution is -0.138. The van der Waals surface area contributed by atoms with Crippen molar-refractivity contribution in [2.75, 3.05) is 26.7 Å². The fraction of sp³-hybridized carbons (Fsp3) is 0.895. The quantitative estimate of drug-likeness (QED) is 0.470. The molecule has 1 atom stereocenters. The number of nitrogens with one attached hydrogen (secondary N) is 1. The van der Waals surface area contributed by atoms with Crippen molar-refractivity contribution in [2.24, 2.45) is 0 Å². The molecule has 6 nitrogen and oxygen atoms in total. The first kappa shape index (κ1) is 21.9. The van der Waals surface area contributed by atoms with Gasteiger partial charge in [0.2, 0.25) is 11.8 Å². The third-order valence-corrected chi connectivity index (χ3v) is 4.88. The van der Waals surface area contributed by atoms with Gasteiger partial charge in [-0.1, -0.05) is 39.0 Å². The molecule has 25 heavy (non-hydrogen) atoms. The maximum Gasteiger partial charge on any atom is 0.238 e. The Bertz CT molecular complexity index is 390. The number of amides is 2. The molecule has 1 aliphatic heterocycles. The minimum Gasteiger partial charge on any atom is -0.393 e. The number of unbranched alkanes of at least 4 members (excludes halogenated alkanes) is 5. The Morgan fingerprint density at radius 3 is 2.60 bits per heavy atom. The van der Waals surface area contributed by atoms with Crippen molar-refractivity contribution in [3.63, 3.8) is 0 Å². The van der Waals surface area contributed by atoms with Crippen LogP contribution in [0.4, 0.5) is 0 Å². The molecule has 0 aromatic heterocycles. The van der Waals surface area contributed by atoms with Crippen LogP contribution in [0, 0.1) is 0 Å². The van der Waals surface area contributed by atoms with Gasteiger partial charge >= 0.3 is 0 Å². The number of aliphatic hydroxyl groups excluding tert-OH is 1. The van der Waals surface area contributed by atoms with Crippen LogP contribution >= 0.6 is 0 Å². The molecule has 1 aliphatic rings. The average Bonchev–Trinajstić information content (AvgIpc) is 2.96. The lowest BCUT2D eigenvalue weighted by Gasteiger charge is -2.28. The van der Waals surface area contributed by atoms with E-state index in [9.17, 15) is 14.7 Å².